The van der Waals surface area contributed by atoms with Crippen LogP contribution in [0.5, 0.6) is 0 Å². The summed E-state index contributed by atoms with van der Waals surface area (Å²) in [5.74, 6) is 1.52. The zero-order valence-electron chi connectivity index (χ0n) is 12.6. The molecule has 0 radical (unpaired) electrons. The van der Waals surface area contributed by atoms with E-state index >= 15 is 0 Å². The Labute approximate surface area is 136 Å². The first-order valence-corrected chi connectivity index (χ1v) is 8.15. The van der Waals surface area contributed by atoms with Gasteiger partial charge in [0, 0.05) is 11.8 Å². The summed E-state index contributed by atoms with van der Waals surface area (Å²) in [7, 11) is 0. The SMILES string of the molecule is Cc1ccc(C=c2sc3n(c2=O)CN(c2ccccc2)CN=3)o1. The molecule has 0 atom stereocenters. The molecule has 116 valence electrons. The molecule has 0 saturated carbocycles. The maximum Gasteiger partial charge on any atom is 0.271 e. The first-order chi connectivity index (χ1) is 11.2. The van der Waals surface area contributed by atoms with E-state index in [2.05, 4.69) is 9.89 Å². The van der Waals surface area contributed by atoms with E-state index in [1.807, 2.05) is 49.4 Å². The molecule has 0 bridgehead atoms. The number of para-hydroxylation sites is 1. The molecule has 1 aliphatic rings. The molecule has 1 aliphatic heterocycles. The van der Waals surface area contributed by atoms with Gasteiger partial charge < -0.3 is 9.32 Å². The number of fused-ring (bicyclic) bond motifs is 1. The molecule has 0 amide bonds. The number of thiazole rings is 1. The van der Waals surface area contributed by atoms with Gasteiger partial charge in [-0.1, -0.05) is 29.5 Å². The summed E-state index contributed by atoms with van der Waals surface area (Å²) in [4.78, 5) is 20.0. The number of rotatable bonds is 2. The molecule has 5 nitrogen and oxygen atoms in total. The third-order valence-electron chi connectivity index (χ3n) is 3.73. The van der Waals surface area contributed by atoms with Gasteiger partial charge in [-0.2, -0.15) is 0 Å². The van der Waals surface area contributed by atoms with Crippen LogP contribution in [-0.2, 0) is 6.67 Å². The molecule has 0 fully saturated rings. The molecule has 0 N–H and O–H groups in total. The Morgan fingerprint density at radius 3 is 2.78 bits per heavy atom. The Kier molecular flexibility index (Phi) is 3.38. The molecule has 3 aromatic rings. The van der Waals surface area contributed by atoms with Crippen molar-refractivity contribution >= 4 is 23.1 Å². The normalized spacial score (nSPS) is 14.7. The van der Waals surface area contributed by atoms with E-state index in [1.165, 1.54) is 11.3 Å². The molecule has 0 spiro atoms. The summed E-state index contributed by atoms with van der Waals surface area (Å²) in [5.41, 5.74) is 1.04. The quantitative estimate of drug-likeness (QED) is 0.720. The van der Waals surface area contributed by atoms with Gasteiger partial charge in [0.1, 0.15) is 24.9 Å². The maximum absolute atomic E-state index is 12.6. The standard InChI is InChI=1S/C17H15N3O2S/c1-12-7-8-14(22-12)9-15-16(21)20-11-19(10-18-17(20)23-15)13-5-3-2-4-6-13/h2-9H,10-11H2,1H3. The fraction of sp³-hybridized carbons (Fsp3) is 0.176. The van der Waals surface area contributed by atoms with Crippen molar-refractivity contribution < 1.29 is 4.42 Å². The van der Waals surface area contributed by atoms with Crippen LogP contribution < -0.4 is 19.8 Å². The van der Waals surface area contributed by atoms with Gasteiger partial charge in [-0.25, -0.2) is 4.99 Å². The van der Waals surface area contributed by atoms with E-state index in [4.69, 9.17) is 4.42 Å². The van der Waals surface area contributed by atoms with Crippen LogP contribution in [0.1, 0.15) is 11.5 Å². The highest BCUT2D eigenvalue weighted by molar-refractivity contribution is 7.07. The van der Waals surface area contributed by atoms with Crippen molar-refractivity contribution in [1.29, 1.82) is 0 Å². The minimum absolute atomic E-state index is 0.0246. The largest absolute Gasteiger partial charge is 0.462 e. The molecular weight excluding hydrogens is 310 g/mol. The van der Waals surface area contributed by atoms with Gasteiger partial charge in [0.05, 0.1) is 4.53 Å². The van der Waals surface area contributed by atoms with Crippen molar-refractivity contribution in [3.8, 4) is 0 Å². The molecule has 2 aromatic heterocycles. The minimum atomic E-state index is -0.0246. The van der Waals surface area contributed by atoms with Crippen LogP contribution in [0.4, 0.5) is 5.69 Å². The average molecular weight is 325 g/mol. The highest BCUT2D eigenvalue weighted by Crippen LogP contribution is 2.14. The van der Waals surface area contributed by atoms with Crippen molar-refractivity contribution in [2.24, 2.45) is 4.99 Å². The van der Waals surface area contributed by atoms with Crippen LogP contribution >= 0.6 is 11.3 Å². The molecular formula is C17H15N3O2S. The number of nitrogens with zero attached hydrogens (tertiary/aromatic N) is 3. The minimum Gasteiger partial charge on any atom is -0.462 e. The van der Waals surface area contributed by atoms with E-state index < -0.39 is 0 Å². The molecule has 1 aromatic carbocycles. The van der Waals surface area contributed by atoms with Crippen LogP contribution in [0.25, 0.3) is 6.08 Å². The molecule has 23 heavy (non-hydrogen) atoms. The number of hydrogen-bond donors (Lipinski definition) is 0. The average Bonchev–Trinajstić information content (AvgIpc) is 3.12. The lowest BCUT2D eigenvalue weighted by molar-refractivity contribution is 0.524. The fourth-order valence-corrected chi connectivity index (χ4v) is 3.52. The lowest BCUT2D eigenvalue weighted by Gasteiger charge is -2.25. The smallest absolute Gasteiger partial charge is 0.271 e. The van der Waals surface area contributed by atoms with Gasteiger partial charge in [0.2, 0.25) is 0 Å². The lowest BCUT2D eigenvalue weighted by atomic mass is 10.3. The number of anilines is 1. The van der Waals surface area contributed by atoms with Crippen molar-refractivity contribution in [3.05, 3.63) is 73.7 Å². The van der Waals surface area contributed by atoms with Crippen molar-refractivity contribution in [1.82, 2.24) is 4.57 Å². The molecule has 0 unspecified atom stereocenters. The number of furan rings is 1. The van der Waals surface area contributed by atoms with Crippen molar-refractivity contribution in [2.45, 2.75) is 13.6 Å². The van der Waals surface area contributed by atoms with Gasteiger partial charge in [0.15, 0.2) is 4.80 Å². The zero-order chi connectivity index (χ0) is 15.8. The number of aromatic nitrogens is 1. The molecule has 4 rings (SSSR count). The second-order valence-electron chi connectivity index (χ2n) is 5.39. The second-order valence-corrected chi connectivity index (χ2v) is 6.40. The van der Waals surface area contributed by atoms with E-state index in [1.54, 1.807) is 10.6 Å². The summed E-state index contributed by atoms with van der Waals surface area (Å²) < 4.78 is 7.88. The number of benzene rings is 1. The molecule has 3 heterocycles. The van der Waals surface area contributed by atoms with Gasteiger partial charge in [-0.3, -0.25) is 9.36 Å². The van der Waals surface area contributed by atoms with E-state index in [0.29, 0.717) is 23.6 Å². The van der Waals surface area contributed by atoms with Crippen LogP contribution in [-0.4, -0.2) is 11.2 Å². The number of aryl methyl sites for hydroxylation is 1. The summed E-state index contributed by atoms with van der Waals surface area (Å²) in [5, 5.41) is 0. The van der Waals surface area contributed by atoms with Gasteiger partial charge >= 0.3 is 0 Å². The van der Waals surface area contributed by atoms with Gasteiger partial charge in [-0.15, -0.1) is 0 Å². The van der Waals surface area contributed by atoms with Crippen LogP contribution in [0.2, 0.25) is 0 Å². The monoisotopic (exact) mass is 325 g/mol. The van der Waals surface area contributed by atoms with E-state index in [0.717, 1.165) is 16.2 Å². The van der Waals surface area contributed by atoms with Crippen LogP contribution in [0.3, 0.4) is 0 Å². The summed E-state index contributed by atoms with van der Waals surface area (Å²) in [6, 6.07) is 13.8. The maximum atomic E-state index is 12.6. The Morgan fingerprint density at radius 1 is 1.22 bits per heavy atom. The van der Waals surface area contributed by atoms with E-state index in [9.17, 15) is 4.79 Å². The third-order valence-corrected chi connectivity index (χ3v) is 4.78. The van der Waals surface area contributed by atoms with Crippen LogP contribution in [0.15, 0.2) is 56.7 Å². The molecule has 6 heteroatoms. The highest BCUT2D eigenvalue weighted by Gasteiger charge is 2.15. The summed E-state index contributed by atoms with van der Waals surface area (Å²) in [6.07, 6.45) is 1.79. The third kappa shape index (κ3) is 2.61. The molecule has 0 aliphatic carbocycles. The predicted molar refractivity (Wildman–Crippen MR) is 90.2 cm³/mol. The van der Waals surface area contributed by atoms with Crippen LogP contribution in [0, 0.1) is 6.92 Å². The first-order valence-electron chi connectivity index (χ1n) is 7.33. The Bertz CT molecular complexity index is 1010. The van der Waals surface area contributed by atoms with Gasteiger partial charge in [-0.05, 0) is 31.2 Å². The second kappa shape index (κ2) is 5.55. The zero-order valence-corrected chi connectivity index (χ0v) is 13.4. The van der Waals surface area contributed by atoms with Crippen molar-refractivity contribution in [2.75, 3.05) is 11.6 Å². The summed E-state index contributed by atoms with van der Waals surface area (Å²) >= 11 is 1.40. The fourth-order valence-electron chi connectivity index (χ4n) is 2.57. The predicted octanol–water partition coefficient (Wildman–Crippen LogP) is 1.69. The van der Waals surface area contributed by atoms with Gasteiger partial charge in [0.25, 0.3) is 5.56 Å². The molecule has 0 saturated heterocycles. The topological polar surface area (TPSA) is 50.7 Å². The Hall–Kier alpha value is -2.60. The highest BCUT2D eigenvalue weighted by atomic mass is 32.1. The first kappa shape index (κ1) is 14.0. The van der Waals surface area contributed by atoms with E-state index in [-0.39, 0.29) is 5.56 Å². The number of hydrogen-bond acceptors (Lipinski definition) is 5. The Morgan fingerprint density at radius 2 is 2.04 bits per heavy atom. The Balaban J connectivity index is 1.74. The lowest BCUT2D eigenvalue weighted by Crippen LogP contribution is -2.42. The summed E-state index contributed by atoms with van der Waals surface area (Å²) in [6.45, 7) is 2.96. The van der Waals surface area contributed by atoms with Crippen molar-refractivity contribution in [3.63, 3.8) is 0 Å².